The van der Waals surface area contributed by atoms with Gasteiger partial charge in [-0.2, -0.15) is 26.3 Å². The zero-order valence-electron chi connectivity index (χ0n) is 22.4. The number of halogens is 6. The van der Waals surface area contributed by atoms with Crippen LogP contribution in [0, 0.1) is 5.92 Å². The van der Waals surface area contributed by atoms with Crippen molar-refractivity contribution in [2.24, 2.45) is 5.92 Å². The molecule has 0 amide bonds. The molecule has 0 spiro atoms. The topological polar surface area (TPSA) is 58.2 Å². The van der Waals surface area contributed by atoms with Gasteiger partial charge in [-0.05, 0) is 68.1 Å². The van der Waals surface area contributed by atoms with Gasteiger partial charge in [-0.1, -0.05) is 67.1 Å². The summed E-state index contributed by atoms with van der Waals surface area (Å²) >= 11 is 0. The quantitative estimate of drug-likeness (QED) is 0.127. The van der Waals surface area contributed by atoms with E-state index in [1.165, 1.54) is 10.6 Å². The zero-order chi connectivity index (χ0) is 30.2. The molecule has 4 nitrogen and oxygen atoms in total. The van der Waals surface area contributed by atoms with E-state index < -0.39 is 47.9 Å². The summed E-state index contributed by atoms with van der Waals surface area (Å²) < 4.78 is 80.0. The average Bonchev–Trinajstić information content (AvgIpc) is 3.44. The van der Waals surface area contributed by atoms with Crippen LogP contribution in [0.25, 0.3) is 0 Å². The van der Waals surface area contributed by atoms with Gasteiger partial charge < -0.3 is 10.6 Å². The van der Waals surface area contributed by atoms with Crippen molar-refractivity contribution >= 4 is 35.6 Å². The Morgan fingerprint density at radius 3 is 1.74 bits per heavy atom. The number of hydrogen-bond acceptors (Lipinski definition) is 4. The lowest BCUT2D eigenvalue weighted by atomic mass is 9.98. The maximum atomic E-state index is 13.3. The molecule has 3 atom stereocenters. The Morgan fingerprint density at radius 1 is 0.738 bits per heavy atom. The van der Waals surface area contributed by atoms with Crippen LogP contribution in [0.3, 0.4) is 0 Å². The smallest absolute Gasteiger partial charge is 0.377 e. The molecule has 1 saturated carbocycles. The first-order valence-electron chi connectivity index (χ1n) is 13.4. The van der Waals surface area contributed by atoms with Gasteiger partial charge in [-0.25, -0.2) is 0 Å². The van der Waals surface area contributed by atoms with Crippen molar-refractivity contribution in [3.8, 4) is 0 Å². The number of anilines is 3. The SMILES string of the molecule is C[C@@H](Nc1c(Nc2cc(C(F)(F)F)cc(C(F)(F)F)c2)c(=O)c1=O)C1CCCC1P(c1ccccc1)c1ccccc1. The van der Waals surface area contributed by atoms with E-state index in [-0.39, 0.29) is 35.1 Å². The molecule has 4 aromatic carbocycles. The highest BCUT2D eigenvalue weighted by atomic mass is 31.1. The summed E-state index contributed by atoms with van der Waals surface area (Å²) in [6.45, 7) is 1.89. The predicted octanol–water partition coefficient (Wildman–Crippen LogP) is 7.17. The number of hydrogen-bond donors (Lipinski definition) is 2. The van der Waals surface area contributed by atoms with Crippen molar-refractivity contribution in [2.45, 2.75) is 50.2 Å². The van der Waals surface area contributed by atoms with E-state index >= 15 is 0 Å². The van der Waals surface area contributed by atoms with E-state index in [4.69, 9.17) is 0 Å². The fourth-order valence-corrected chi connectivity index (χ4v) is 9.02. The molecule has 42 heavy (non-hydrogen) atoms. The van der Waals surface area contributed by atoms with Crippen molar-refractivity contribution in [1.29, 1.82) is 0 Å². The first kappa shape index (κ1) is 29.8. The molecule has 0 aromatic heterocycles. The first-order valence-corrected chi connectivity index (χ1v) is 14.8. The summed E-state index contributed by atoms with van der Waals surface area (Å²) in [6.07, 6.45) is -7.32. The molecule has 11 heteroatoms. The Hall–Kier alpha value is -3.65. The van der Waals surface area contributed by atoms with Crippen molar-refractivity contribution in [3.05, 3.63) is 110 Å². The minimum absolute atomic E-state index is 0.00643. The standard InChI is InChI=1S/C31H27F6N2O2P/c1-18(24-13-8-14-25(24)42(22-9-4-2-5-10-22)23-11-6-3-7-12-23)38-26-27(29(41)28(26)40)39-21-16-19(30(32,33)34)15-20(17-21)31(35,36)37/h2-7,9-12,15-18,24-25,38-39H,8,13-14H2,1H3/t18-,24?,25?/m1/s1. The first-order chi connectivity index (χ1) is 19.8. The molecule has 1 fully saturated rings. The molecule has 0 saturated heterocycles. The monoisotopic (exact) mass is 604 g/mol. The predicted molar refractivity (Wildman–Crippen MR) is 154 cm³/mol. The van der Waals surface area contributed by atoms with Crippen LogP contribution in [-0.2, 0) is 12.4 Å². The van der Waals surface area contributed by atoms with Crippen molar-refractivity contribution in [1.82, 2.24) is 0 Å². The lowest BCUT2D eigenvalue weighted by Crippen LogP contribution is -2.41. The van der Waals surface area contributed by atoms with Gasteiger partial charge >= 0.3 is 12.4 Å². The van der Waals surface area contributed by atoms with E-state index in [1.54, 1.807) is 0 Å². The van der Waals surface area contributed by atoms with Crippen LogP contribution < -0.4 is 32.1 Å². The van der Waals surface area contributed by atoms with E-state index in [2.05, 4.69) is 34.9 Å². The second-order valence-corrected chi connectivity index (χ2v) is 12.9. The third-order valence-electron chi connectivity index (χ3n) is 7.71. The van der Waals surface area contributed by atoms with Crippen LogP contribution in [0.1, 0.15) is 37.3 Å². The largest absolute Gasteiger partial charge is 0.416 e. The van der Waals surface area contributed by atoms with E-state index in [9.17, 15) is 35.9 Å². The molecule has 0 radical (unpaired) electrons. The van der Waals surface area contributed by atoms with Crippen LogP contribution in [-0.4, -0.2) is 11.7 Å². The Balaban J connectivity index is 1.42. The van der Waals surface area contributed by atoms with Gasteiger partial charge in [0, 0.05) is 11.7 Å². The molecule has 0 bridgehead atoms. The molecule has 0 heterocycles. The Bertz CT molecular complexity index is 1540. The minimum Gasteiger partial charge on any atom is -0.377 e. The highest BCUT2D eigenvalue weighted by Gasteiger charge is 2.40. The highest BCUT2D eigenvalue weighted by Crippen LogP contribution is 2.51. The molecular weight excluding hydrogens is 577 g/mol. The number of alkyl halides is 6. The second kappa shape index (κ2) is 11.6. The zero-order valence-corrected chi connectivity index (χ0v) is 23.3. The van der Waals surface area contributed by atoms with Crippen LogP contribution in [0.4, 0.5) is 43.4 Å². The summed E-state index contributed by atoms with van der Waals surface area (Å²) in [5, 5.41) is 7.89. The van der Waals surface area contributed by atoms with Crippen molar-refractivity contribution in [2.75, 3.05) is 10.6 Å². The summed E-state index contributed by atoms with van der Waals surface area (Å²) in [5.41, 5.74) is -5.74. The second-order valence-electron chi connectivity index (χ2n) is 10.5. The lowest BCUT2D eigenvalue weighted by Gasteiger charge is -2.34. The molecule has 1 aliphatic carbocycles. The van der Waals surface area contributed by atoms with Gasteiger partial charge in [-0.3, -0.25) is 9.59 Å². The van der Waals surface area contributed by atoms with Crippen LogP contribution in [0.5, 0.6) is 0 Å². The Morgan fingerprint density at radius 2 is 1.24 bits per heavy atom. The van der Waals surface area contributed by atoms with Crippen molar-refractivity contribution in [3.63, 3.8) is 0 Å². The molecule has 220 valence electrons. The van der Waals surface area contributed by atoms with Gasteiger partial charge in [0.05, 0.1) is 11.1 Å². The lowest BCUT2D eigenvalue weighted by molar-refractivity contribution is -0.143. The number of rotatable bonds is 8. The van der Waals surface area contributed by atoms with Gasteiger partial charge in [0.15, 0.2) is 0 Å². The summed E-state index contributed by atoms with van der Waals surface area (Å²) in [5.74, 6) is 0.0964. The average molecular weight is 605 g/mol. The van der Waals surface area contributed by atoms with E-state index in [0.717, 1.165) is 19.3 Å². The maximum absolute atomic E-state index is 13.3. The van der Waals surface area contributed by atoms with Gasteiger partial charge in [0.25, 0.3) is 10.9 Å². The number of benzene rings is 3. The summed E-state index contributed by atoms with van der Waals surface area (Å²) in [4.78, 5) is 25.0. The third-order valence-corrected chi connectivity index (χ3v) is 10.7. The minimum atomic E-state index is -5.05. The fourth-order valence-electron chi connectivity index (χ4n) is 5.74. The Kier molecular flexibility index (Phi) is 8.21. The molecular formula is C31H27F6N2O2P. The molecule has 0 aliphatic heterocycles. The van der Waals surface area contributed by atoms with Crippen LogP contribution in [0.2, 0.25) is 0 Å². The number of nitrogens with one attached hydrogen (secondary N) is 2. The summed E-state index contributed by atoms with van der Waals surface area (Å²) in [7, 11) is -0.772. The van der Waals surface area contributed by atoms with Gasteiger partial charge in [0.1, 0.15) is 11.4 Å². The molecule has 2 N–H and O–H groups in total. The third kappa shape index (κ3) is 6.09. The normalized spacial score (nSPS) is 18.4. The summed E-state index contributed by atoms with van der Waals surface area (Å²) in [6, 6.07) is 21.0. The molecule has 1 aliphatic rings. The van der Waals surface area contributed by atoms with Gasteiger partial charge in [-0.15, -0.1) is 0 Å². The van der Waals surface area contributed by atoms with E-state index in [0.29, 0.717) is 12.1 Å². The van der Waals surface area contributed by atoms with Crippen molar-refractivity contribution < 1.29 is 26.3 Å². The maximum Gasteiger partial charge on any atom is 0.416 e. The molecule has 5 rings (SSSR count). The molecule has 4 aromatic rings. The van der Waals surface area contributed by atoms with E-state index in [1.807, 2.05) is 43.3 Å². The van der Waals surface area contributed by atoms with Gasteiger partial charge in [0.2, 0.25) is 0 Å². The fraction of sp³-hybridized carbons (Fsp3) is 0.290. The molecule has 2 unspecified atom stereocenters. The highest BCUT2D eigenvalue weighted by molar-refractivity contribution is 7.73. The van der Waals surface area contributed by atoms with Crippen LogP contribution in [0.15, 0.2) is 88.5 Å². The Labute approximate surface area is 239 Å². The van der Waals surface area contributed by atoms with Crippen LogP contribution >= 0.6 is 7.92 Å².